The average molecular weight is 266 g/mol. The fourth-order valence-corrected chi connectivity index (χ4v) is 1.58. The number of hydrogen-bond donors (Lipinski definition) is 3. The van der Waals surface area contributed by atoms with E-state index in [2.05, 4.69) is 5.32 Å². The van der Waals surface area contributed by atoms with E-state index >= 15 is 0 Å². The van der Waals surface area contributed by atoms with Gasteiger partial charge in [-0.25, -0.2) is 9.59 Å². The van der Waals surface area contributed by atoms with Gasteiger partial charge >= 0.3 is 12.0 Å². The van der Waals surface area contributed by atoms with Gasteiger partial charge in [-0.2, -0.15) is 0 Å². The van der Waals surface area contributed by atoms with Crippen LogP contribution >= 0.6 is 0 Å². The Bertz CT molecular complexity index is 444. The first kappa shape index (κ1) is 15.0. The van der Waals surface area contributed by atoms with Crippen LogP contribution in [0.2, 0.25) is 0 Å². The molecule has 0 aliphatic carbocycles. The van der Waals surface area contributed by atoms with Gasteiger partial charge in [0.25, 0.3) is 0 Å². The Hall–Kier alpha value is -2.08. The second kappa shape index (κ2) is 6.75. The minimum atomic E-state index is -1.30. The molecule has 3 N–H and O–H groups in total. The standard InChI is InChI=1S/C13H18N2O4/c1-3-15(10-6-4-9(2)5-7-10)13(19)14-11(8-16)12(17)18/h4-7,11,16H,3,8H2,1-2H3,(H,14,19)(H,17,18). The monoisotopic (exact) mass is 266 g/mol. The predicted molar refractivity (Wildman–Crippen MR) is 71.2 cm³/mol. The highest BCUT2D eigenvalue weighted by molar-refractivity contribution is 5.94. The normalized spacial score (nSPS) is 11.7. The van der Waals surface area contributed by atoms with E-state index in [0.29, 0.717) is 12.2 Å². The molecule has 0 radical (unpaired) electrons. The number of carboxylic acids is 1. The molecule has 1 aromatic rings. The first-order chi connectivity index (χ1) is 8.99. The van der Waals surface area contributed by atoms with Crippen molar-refractivity contribution in [2.24, 2.45) is 0 Å². The summed E-state index contributed by atoms with van der Waals surface area (Å²) in [6.45, 7) is 3.47. The Balaban J connectivity index is 2.82. The maximum atomic E-state index is 12.0. The molecule has 1 aromatic carbocycles. The van der Waals surface area contributed by atoms with Crippen molar-refractivity contribution in [1.29, 1.82) is 0 Å². The van der Waals surface area contributed by atoms with Gasteiger partial charge in [0.2, 0.25) is 0 Å². The SMILES string of the molecule is CCN(C(=O)NC(CO)C(=O)O)c1ccc(C)cc1. The number of carboxylic acid groups (broad SMARTS) is 1. The molecular weight excluding hydrogens is 248 g/mol. The third kappa shape index (κ3) is 3.96. The molecule has 1 rings (SSSR count). The van der Waals surface area contributed by atoms with E-state index in [9.17, 15) is 9.59 Å². The first-order valence-electron chi connectivity index (χ1n) is 5.98. The highest BCUT2D eigenvalue weighted by Crippen LogP contribution is 2.15. The molecule has 0 aliphatic rings. The lowest BCUT2D eigenvalue weighted by Gasteiger charge is -2.23. The summed E-state index contributed by atoms with van der Waals surface area (Å²) in [4.78, 5) is 24.1. The minimum absolute atomic E-state index is 0.395. The van der Waals surface area contributed by atoms with Crippen LogP contribution in [0.25, 0.3) is 0 Å². The third-order valence-electron chi connectivity index (χ3n) is 2.69. The van der Waals surface area contributed by atoms with Crippen LogP contribution in [0.4, 0.5) is 10.5 Å². The lowest BCUT2D eigenvalue weighted by Crippen LogP contribution is -2.49. The summed E-state index contributed by atoms with van der Waals surface area (Å²) in [6.07, 6.45) is 0. The maximum Gasteiger partial charge on any atom is 0.328 e. The molecule has 0 saturated carbocycles. The highest BCUT2D eigenvalue weighted by Gasteiger charge is 2.22. The zero-order chi connectivity index (χ0) is 14.4. The smallest absolute Gasteiger partial charge is 0.328 e. The Kier molecular flexibility index (Phi) is 5.32. The van der Waals surface area contributed by atoms with Crippen LogP contribution in [0.3, 0.4) is 0 Å². The number of aryl methyl sites for hydroxylation is 1. The van der Waals surface area contributed by atoms with Gasteiger partial charge in [-0.3, -0.25) is 4.90 Å². The molecule has 6 nitrogen and oxygen atoms in total. The Morgan fingerprint density at radius 2 is 1.89 bits per heavy atom. The second-order valence-corrected chi connectivity index (χ2v) is 4.10. The Labute approximate surface area is 111 Å². The summed E-state index contributed by atoms with van der Waals surface area (Å²) in [5.41, 5.74) is 1.74. The number of amides is 2. The lowest BCUT2D eigenvalue weighted by atomic mass is 10.2. The predicted octanol–water partition coefficient (Wildman–Crippen LogP) is 0.976. The molecule has 104 valence electrons. The molecule has 0 aromatic heterocycles. The van der Waals surface area contributed by atoms with Crippen molar-refractivity contribution in [1.82, 2.24) is 5.32 Å². The molecule has 6 heteroatoms. The van der Waals surface area contributed by atoms with Crippen LogP contribution in [0.5, 0.6) is 0 Å². The molecule has 0 aliphatic heterocycles. The number of carbonyl (C=O) groups excluding carboxylic acids is 1. The van der Waals surface area contributed by atoms with Gasteiger partial charge < -0.3 is 15.5 Å². The quantitative estimate of drug-likeness (QED) is 0.741. The van der Waals surface area contributed by atoms with E-state index in [1.54, 1.807) is 19.1 Å². The summed E-state index contributed by atoms with van der Waals surface area (Å²) in [6, 6.07) is 5.46. The Morgan fingerprint density at radius 3 is 2.32 bits per heavy atom. The van der Waals surface area contributed by atoms with Crippen molar-refractivity contribution < 1.29 is 19.8 Å². The molecule has 0 fully saturated rings. The molecule has 0 spiro atoms. The van der Waals surface area contributed by atoms with E-state index in [1.807, 2.05) is 19.1 Å². The number of urea groups is 1. The molecule has 1 atom stereocenters. The van der Waals surface area contributed by atoms with Gasteiger partial charge in [0, 0.05) is 12.2 Å². The van der Waals surface area contributed by atoms with Crippen molar-refractivity contribution >= 4 is 17.7 Å². The summed E-state index contributed by atoms with van der Waals surface area (Å²) in [7, 11) is 0. The van der Waals surface area contributed by atoms with Crippen LogP contribution in [-0.2, 0) is 4.79 Å². The van der Waals surface area contributed by atoms with Crippen LogP contribution in [0, 0.1) is 6.92 Å². The Morgan fingerprint density at radius 1 is 1.32 bits per heavy atom. The van der Waals surface area contributed by atoms with E-state index < -0.39 is 24.6 Å². The van der Waals surface area contributed by atoms with Crippen molar-refractivity contribution in [2.45, 2.75) is 19.9 Å². The maximum absolute atomic E-state index is 12.0. The van der Waals surface area contributed by atoms with Crippen molar-refractivity contribution in [3.8, 4) is 0 Å². The average Bonchev–Trinajstić information content (AvgIpc) is 2.38. The van der Waals surface area contributed by atoms with Gasteiger partial charge in [0.15, 0.2) is 6.04 Å². The van der Waals surface area contributed by atoms with Crippen molar-refractivity contribution in [3.05, 3.63) is 29.8 Å². The van der Waals surface area contributed by atoms with Gasteiger partial charge in [-0.15, -0.1) is 0 Å². The van der Waals surface area contributed by atoms with E-state index in [0.717, 1.165) is 5.56 Å². The van der Waals surface area contributed by atoms with Crippen LogP contribution in [0.15, 0.2) is 24.3 Å². The van der Waals surface area contributed by atoms with E-state index in [-0.39, 0.29) is 0 Å². The summed E-state index contributed by atoms with van der Waals surface area (Å²) in [5, 5.41) is 20.0. The topological polar surface area (TPSA) is 89.9 Å². The molecule has 19 heavy (non-hydrogen) atoms. The summed E-state index contributed by atoms with van der Waals surface area (Å²) >= 11 is 0. The van der Waals surface area contributed by atoms with E-state index in [1.165, 1.54) is 4.90 Å². The van der Waals surface area contributed by atoms with Gasteiger partial charge in [-0.1, -0.05) is 17.7 Å². The fraction of sp³-hybridized carbons (Fsp3) is 0.385. The molecular formula is C13H18N2O4. The summed E-state index contributed by atoms with van der Waals surface area (Å²) < 4.78 is 0. The molecule has 0 saturated heterocycles. The zero-order valence-corrected chi connectivity index (χ0v) is 11.0. The number of aliphatic hydroxyl groups excluding tert-OH is 1. The van der Waals surface area contributed by atoms with Gasteiger partial charge in [0.05, 0.1) is 6.61 Å². The second-order valence-electron chi connectivity index (χ2n) is 4.10. The van der Waals surface area contributed by atoms with Gasteiger partial charge in [-0.05, 0) is 26.0 Å². The van der Waals surface area contributed by atoms with Crippen LogP contribution in [-0.4, -0.2) is 41.4 Å². The number of anilines is 1. The first-order valence-corrected chi connectivity index (χ1v) is 5.98. The van der Waals surface area contributed by atoms with E-state index in [4.69, 9.17) is 10.2 Å². The molecule has 1 unspecified atom stereocenters. The number of hydrogen-bond acceptors (Lipinski definition) is 3. The summed E-state index contributed by atoms with van der Waals surface area (Å²) in [5.74, 6) is -1.27. The van der Waals surface area contributed by atoms with Gasteiger partial charge in [0.1, 0.15) is 0 Å². The zero-order valence-electron chi connectivity index (χ0n) is 11.0. The third-order valence-corrected chi connectivity index (χ3v) is 2.69. The number of aliphatic carboxylic acids is 1. The van der Waals surface area contributed by atoms with Crippen molar-refractivity contribution in [2.75, 3.05) is 18.1 Å². The van der Waals surface area contributed by atoms with Crippen LogP contribution < -0.4 is 10.2 Å². The number of nitrogens with one attached hydrogen (secondary N) is 1. The van der Waals surface area contributed by atoms with Crippen molar-refractivity contribution in [3.63, 3.8) is 0 Å². The highest BCUT2D eigenvalue weighted by atomic mass is 16.4. The fourth-order valence-electron chi connectivity index (χ4n) is 1.58. The minimum Gasteiger partial charge on any atom is -0.480 e. The number of aliphatic hydroxyl groups is 1. The molecule has 0 heterocycles. The number of carbonyl (C=O) groups is 2. The number of rotatable bonds is 5. The molecule has 0 bridgehead atoms. The number of nitrogens with zero attached hydrogens (tertiary/aromatic N) is 1. The molecule has 2 amide bonds. The largest absolute Gasteiger partial charge is 0.480 e. The number of benzene rings is 1. The van der Waals surface area contributed by atoms with Crippen LogP contribution in [0.1, 0.15) is 12.5 Å². The lowest BCUT2D eigenvalue weighted by molar-refractivity contribution is -0.140.